The number of fused-ring (bicyclic) bond motifs is 1. The van der Waals surface area contributed by atoms with Gasteiger partial charge in [-0.1, -0.05) is 6.07 Å². The third-order valence-corrected chi connectivity index (χ3v) is 7.29. The van der Waals surface area contributed by atoms with Crippen LogP contribution in [0.1, 0.15) is 19.4 Å². The number of amidine groups is 1. The summed E-state index contributed by atoms with van der Waals surface area (Å²) < 4.78 is 37.1. The van der Waals surface area contributed by atoms with Gasteiger partial charge in [-0.25, -0.2) is 8.42 Å². The van der Waals surface area contributed by atoms with E-state index in [-0.39, 0.29) is 17.1 Å². The lowest BCUT2D eigenvalue weighted by Gasteiger charge is -2.43. The number of allylic oxidation sites excluding steroid dienone is 2. The van der Waals surface area contributed by atoms with Crippen LogP contribution in [0.25, 0.3) is 5.70 Å². The molecule has 0 spiro atoms. The van der Waals surface area contributed by atoms with Crippen molar-refractivity contribution >= 4 is 33.2 Å². The number of hydrogen-bond acceptors (Lipinski definition) is 9. The van der Waals surface area contributed by atoms with E-state index in [4.69, 9.17) is 19.5 Å². The molecule has 2 saturated heterocycles. The normalized spacial score (nSPS) is 29.0. The van der Waals surface area contributed by atoms with E-state index in [1.54, 1.807) is 30.3 Å². The zero-order chi connectivity index (χ0) is 25.4. The Balaban J connectivity index is 1.54. The number of rotatable bonds is 3. The van der Waals surface area contributed by atoms with Crippen molar-refractivity contribution in [3.8, 4) is 0 Å². The van der Waals surface area contributed by atoms with Crippen molar-refractivity contribution in [1.82, 2.24) is 9.80 Å². The quantitative estimate of drug-likeness (QED) is 0.553. The van der Waals surface area contributed by atoms with Gasteiger partial charge in [0.2, 0.25) is 22.1 Å². The molecule has 4 aliphatic rings. The number of hydroxylamine groups is 2. The average Bonchev–Trinajstić information content (AvgIpc) is 2.84. The first-order valence-corrected chi connectivity index (χ1v) is 14.0. The largest absolute Gasteiger partial charge is 0.627 e. The zero-order valence-corrected chi connectivity index (χ0v) is 21.5. The summed E-state index contributed by atoms with van der Waals surface area (Å²) in [5.74, 6) is 1.30. The number of hydrogen-bond donors (Lipinski definition) is 2. The third kappa shape index (κ3) is 5.04. The molecule has 1 aromatic carbocycles. The first-order chi connectivity index (χ1) is 17.2. The van der Waals surface area contributed by atoms with Crippen molar-refractivity contribution < 1.29 is 23.0 Å². The number of guanidine groups is 1. The number of anilines is 1. The highest BCUT2D eigenvalue weighted by Gasteiger charge is 2.39. The number of nitrogens with zero attached hydrogens (tertiary/aromatic N) is 4. The lowest BCUT2D eigenvalue weighted by atomic mass is 10.0. The molecule has 0 radical (unpaired) electrons. The monoisotopic (exact) mass is 516 g/mol. The van der Waals surface area contributed by atoms with E-state index in [0.717, 1.165) is 17.7 Å². The Hall–Kier alpha value is -2.77. The molecular formula is C24H32N6O5S. The van der Waals surface area contributed by atoms with Crippen LogP contribution in [0.2, 0.25) is 0 Å². The van der Waals surface area contributed by atoms with Gasteiger partial charge in [0.15, 0.2) is 0 Å². The molecule has 2 unspecified atom stereocenters. The van der Waals surface area contributed by atoms with Crippen LogP contribution in [0.4, 0.5) is 5.69 Å². The van der Waals surface area contributed by atoms with E-state index in [1.165, 1.54) is 0 Å². The van der Waals surface area contributed by atoms with Crippen molar-refractivity contribution in [3.05, 3.63) is 52.8 Å². The van der Waals surface area contributed by atoms with Crippen molar-refractivity contribution in [2.45, 2.75) is 32.1 Å². The predicted molar refractivity (Wildman–Crippen MR) is 138 cm³/mol. The van der Waals surface area contributed by atoms with Gasteiger partial charge in [-0.3, -0.25) is 4.72 Å². The van der Waals surface area contributed by atoms with Gasteiger partial charge in [0, 0.05) is 30.4 Å². The number of benzene rings is 1. The van der Waals surface area contributed by atoms with Crippen molar-refractivity contribution in [3.63, 3.8) is 0 Å². The van der Waals surface area contributed by atoms with Crippen molar-refractivity contribution in [1.29, 1.82) is 0 Å². The minimum Gasteiger partial charge on any atom is -0.627 e. The second-order valence-electron chi connectivity index (χ2n) is 9.52. The van der Waals surface area contributed by atoms with Crippen molar-refractivity contribution in [2.24, 2.45) is 9.98 Å². The Bertz CT molecular complexity index is 1240. The maximum Gasteiger partial charge on any atom is 0.229 e. The minimum atomic E-state index is -3.44. The molecule has 4 heterocycles. The first-order valence-electron chi connectivity index (χ1n) is 12.1. The van der Waals surface area contributed by atoms with Crippen LogP contribution >= 0.6 is 0 Å². The Labute approximate surface area is 211 Å². The van der Waals surface area contributed by atoms with Crippen LogP contribution < -0.4 is 9.79 Å². The summed E-state index contributed by atoms with van der Waals surface area (Å²) in [4.78, 5) is 14.1. The van der Waals surface area contributed by atoms with Crippen LogP contribution in [0, 0.1) is 5.21 Å². The van der Waals surface area contributed by atoms with E-state index in [0.29, 0.717) is 62.4 Å². The van der Waals surface area contributed by atoms with Crippen LogP contribution in [-0.2, 0) is 19.5 Å². The summed E-state index contributed by atoms with van der Waals surface area (Å²) in [5.41, 5.74) is 2.28. The van der Waals surface area contributed by atoms with E-state index in [2.05, 4.69) is 28.4 Å². The molecule has 11 nitrogen and oxygen atoms in total. The maximum atomic E-state index is 13.9. The summed E-state index contributed by atoms with van der Waals surface area (Å²) in [6.07, 6.45) is 4.07. The van der Waals surface area contributed by atoms with E-state index >= 15 is 0 Å². The predicted octanol–water partition coefficient (Wildman–Crippen LogP) is 0.257. The fourth-order valence-corrected chi connectivity index (χ4v) is 5.46. The summed E-state index contributed by atoms with van der Waals surface area (Å²) in [5, 5.41) is 13.7. The summed E-state index contributed by atoms with van der Waals surface area (Å²) >= 11 is 0. The molecule has 0 amide bonds. The number of aliphatic imine (C=N–C) groups is 2. The Morgan fingerprint density at radius 3 is 2.44 bits per heavy atom. The molecule has 0 aliphatic carbocycles. The number of morpholine rings is 2. The Kier molecular flexibility index (Phi) is 6.88. The molecule has 2 N–H and O–H groups in total. The fourth-order valence-electron chi connectivity index (χ4n) is 4.90. The highest BCUT2D eigenvalue weighted by Crippen LogP contribution is 2.26. The first kappa shape index (κ1) is 24.9. The molecular weight excluding hydrogens is 484 g/mol. The SMILES string of the molecule is C[C@H]1COCCN1C1=NC2C(=CC=C(c3cccc(NS(C)(=O)=O)c3)[NH+]2[O-])C(N2CCOC[C@@H]2C)=N1. The minimum absolute atomic E-state index is 0.0857. The van der Waals surface area contributed by atoms with Gasteiger partial charge in [-0.15, -0.1) is 0 Å². The number of quaternary nitrogens is 1. The number of nitrogens with one attached hydrogen (secondary N) is 2. The Morgan fingerprint density at radius 2 is 1.78 bits per heavy atom. The van der Waals surface area contributed by atoms with Gasteiger partial charge in [-0.2, -0.15) is 9.98 Å². The smallest absolute Gasteiger partial charge is 0.229 e. The molecule has 5 rings (SSSR count). The van der Waals surface area contributed by atoms with Crippen molar-refractivity contribution in [2.75, 3.05) is 50.5 Å². The summed E-state index contributed by atoms with van der Waals surface area (Å²) in [6.45, 7) is 7.82. The van der Waals surface area contributed by atoms with Gasteiger partial charge < -0.3 is 29.5 Å². The van der Waals surface area contributed by atoms with Gasteiger partial charge in [0.05, 0.1) is 50.3 Å². The van der Waals surface area contributed by atoms with Crippen LogP contribution in [0.15, 0.2) is 52.0 Å². The van der Waals surface area contributed by atoms with Gasteiger partial charge in [0.1, 0.15) is 11.5 Å². The fraction of sp³-hybridized carbons (Fsp3) is 0.500. The third-order valence-electron chi connectivity index (χ3n) is 6.69. The average molecular weight is 517 g/mol. The molecule has 12 heteroatoms. The standard InChI is InChI=1S/C24H32N6O5S/c1-16-14-34-11-9-28(16)22-20-7-8-21(18-5-4-6-19(13-18)27-36(3,32)33)30(31)23(20)26-24(25-22)29-10-12-35-15-17(29)2/h4-8,13,16-17,23,27,30H,9-12,14-15H2,1-3H3/t16-,17-,23?/m0/s1. The van der Waals surface area contributed by atoms with Crippen LogP contribution in [0.3, 0.4) is 0 Å². The molecule has 36 heavy (non-hydrogen) atoms. The molecule has 2 fully saturated rings. The lowest BCUT2D eigenvalue weighted by molar-refractivity contribution is -0.792. The number of ether oxygens (including phenoxy) is 2. The highest BCUT2D eigenvalue weighted by atomic mass is 32.2. The molecule has 0 aromatic heterocycles. The maximum absolute atomic E-state index is 13.9. The molecule has 0 bridgehead atoms. The van der Waals surface area contributed by atoms with Crippen LogP contribution in [0.5, 0.6) is 0 Å². The highest BCUT2D eigenvalue weighted by molar-refractivity contribution is 7.92. The molecule has 0 saturated carbocycles. The van der Waals surface area contributed by atoms with E-state index in [9.17, 15) is 13.6 Å². The zero-order valence-electron chi connectivity index (χ0n) is 20.7. The summed E-state index contributed by atoms with van der Waals surface area (Å²) in [6, 6.07) is 7.04. The molecule has 1 aromatic rings. The molecule has 4 atom stereocenters. The second kappa shape index (κ2) is 9.94. The van der Waals surface area contributed by atoms with Gasteiger partial charge >= 0.3 is 0 Å². The van der Waals surface area contributed by atoms with Crippen LogP contribution in [-0.4, -0.2) is 94.0 Å². The molecule has 4 aliphatic heterocycles. The van der Waals surface area contributed by atoms with Gasteiger partial charge in [0.25, 0.3) is 0 Å². The van der Waals surface area contributed by atoms with E-state index < -0.39 is 16.2 Å². The Morgan fingerprint density at radius 1 is 1.08 bits per heavy atom. The number of sulfonamides is 1. The summed E-state index contributed by atoms with van der Waals surface area (Å²) in [7, 11) is -3.44. The topological polar surface area (TPSA) is 123 Å². The lowest BCUT2D eigenvalue weighted by Crippen LogP contribution is -3.09. The van der Waals surface area contributed by atoms with E-state index in [1.807, 2.05) is 6.08 Å². The molecule has 194 valence electrons. The van der Waals surface area contributed by atoms with Gasteiger partial charge in [-0.05, 0) is 38.1 Å². The second-order valence-corrected chi connectivity index (χ2v) is 11.3.